The average Bonchev–Trinajstić information content (AvgIpc) is 3.36. The molecular weight excluding hydrogens is 411 g/mol. The number of carbonyl (C=O) groups is 1. The van der Waals surface area contributed by atoms with E-state index >= 15 is 0 Å². The number of aromatic nitrogens is 2. The zero-order valence-electron chi connectivity index (χ0n) is 16.3. The molecule has 0 spiro atoms. The number of hydrogen-bond donors (Lipinski definition) is 1. The van der Waals surface area contributed by atoms with E-state index in [0.717, 1.165) is 6.08 Å². The molecule has 7 nitrogen and oxygen atoms in total. The fraction of sp³-hybridized carbons (Fsp3) is 0.143. The minimum Gasteiger partial charge on any atom is -0.472 e. The number of nitrogens with one attached hydrogen (secondary N) is 1. The highest BCUT2D eigenvalue weighted by atomic mass is 19.4. The molecule has 0 bridgehead atoms. The van der Waals surface area contributed by atoms with Crippen molar-refractivity contribution in [2.45, 2.75) is 19.6 Å². The second-order valence-corrected chi connectivity index (χ2v) is 6.54. The minimum atomic E-state index is -4.60. The zero-order chi connectivity index (χ0) is 22.6. The summed E-state index contributed by atoms with van der Waals surface area (Å²) in [7, 11) is 0. The molecule has 0 saturated carbocycles. The Kier molecular flexibility index (Phi) is 6.06. The number of anilines is 1. The maximum atomic E-state index is 12.8. The monoisotopic (exact) mass is 427 g/mol. The lowest BCUT2D eigenvalue weighted by Gasteiger charge is -2.06. The van der Waals surface area contributed by atoms with Gasteiger partial charge in [0.1, 0.15) is 12.0 Å². The van der Waals surface area contributed by atoms with Crippen molar-refractivity contribution in [3.8, 4) is 6.07 Å². The number of nitriles is 1. The summed E-state index contributed by atoms with van der Waals surface area (Å²) in [5, 5.41) is 16.7. The normalized spacial score (nSPS) is 12.6. The van der Waals surface area contributed by atoms with E-state index < -0.39 is 17.8 Å². The molecule has 2 aromatic heterocycles. The molecule has 0 fully saturated rings. The van der Waals surface area contributed by atoms with Crippen molar-refractivity contribution in [3.63, 3.8) is 0 Å². The molecule has 10 heteroatoms. The van der Waals surface area contributed by atoms with Gasteiger partial charge in [0, 0.05) is 5.39 Å². The number of aliphatic imine (C=N–C) groups is 1. The molecule has 2 heterocycles. The first-order chi connectivity index (χ1) is 14.7. The molecule has 1 aromatic carbocycles. The number of carbonyl (C=O) groups excluding carboxylic acids is 1. The standard InChI is InChI=1S/C21H16F3N5O2/c1-13(3-6-18(26-2)21(22,23)24)11-29-17-5-4-14(10-25)9-16(17)19(28-29)27-20(30)15-7-8-31-12-15/h3-9,12H,2,11H2,1H3,(H,27,28,30)/b13-3+,18-6-. The van der Waals surface area contributed by atoms with E-state index in [-0.39, 0.29) is 17.9 Å². The predicted molar refractivity (Wildman–Crippen MR) is 109 cm³/mol. The number of amides is 1. The van der Waals surface area contributed by atoms with E-state index in [0.29, 0.717) is 22.0 Å². The maximum Gasteiger partial charge on any atom is 0.433 e. The van der Waals surface area contributed by atoms with E-state index in [1.807, 2.05) is 6.07 Å². The van der Waals surface area contributed by atoms with E-state index in [4.69, 9.17) is 4.42 Å². The molecule has 0 unspecified atom stereocenters. The molecule has 0 radical (unpaired) electrons. The lowest BCUT2D eigenvalue weighted by Crippen LogP contribution is -2.12. The molecule has 0 aliphatic rings. The van der Waals surface area contributed by atoms with Crippen LogP contribution in [0.15, 0.2) is 69.6 Å². The molecule has 158 valence electrons. The molecule has 0 saturated heterocycles. The number of hydrogen-bond acceptors (Lipinski definition) is 5. The van der Waals surface area contributed by atoms with Gasteiger partial charge in [-0.25, -0.2) is 0 Å². The molecule has 3 rings (SSSR count). The molecule has 1 amide bonds. The summed E-state index contributed by atoms with van der Waals surface area (Å²) in [5.41, 5.74) is 0.691. The van der Waals surface area contributed by atoms with E-state index in [1.54, 1.807) is 25.1 Å². The Balaban J connectivity index is 1.96. The topological polar surface area (TPSA) is 96.2 Å². The minimum absolute atomic E-state index is 0.142. The maximum absolute atomic E-state index is 12.8. The van der Waals surface area contributed by atoms with Gasteiger partial charge in [-0.15, -0.1) is 0 Å². The summed E-state index contributed by atoms with van der Waals surface area (Å²) in [5.74, 6) is -0.241. The number of halogens is 3. The number of allylic oxidation sites excluding steroid dienone is 4. The number of rotatable bonds is 6. The number of furan rings is 1. The van der Waals surface area contributed by atoms with Gasteiger partial charge >= 0.3 is 6.18 Å². The quantitative estimate of drug-likeness (QED) is 0.449. The lowest BCUT2D eigenvalue weighted by molar-refractivity contribution is -0.0922. The first-order valence-electron chi connectivity index (χ1n) is 8.88. The Bertz CT molecular complexity index is 1230. The van der Waals surface area contributed by atoms with Crippen molar-refractivity contribution in [2.75, 3.05) is 5.32 Å². The number of fused-ring (bicyclic) bond motifs is 1. The number of alkyl halides is 3. The Labute approximate surface area is 174 Å². The molecule has 0 aliphatic carbocycles. The van der Waals surface area contributed by atoms with Gasteiger partial charge in [-0.1, -0.05) is 11.6 Å². The molecule has 0 aliphatic heterocycles. The van der Waals surface area contributed by atoms with Crippen LogP contribution in [0.1, 0.15) is 22.8 Å². The SMILES string of the molecule is C=N/C(=C\C=C(/C)Cn1nc(NC(=O)c2ccoc2)c2cc(C#N)ccc21)C(F)(F)F. The predicted octanol–water partition coefficient (Wildman–Crippen LogP) is 4.85. The van der Waals surface area contributed by atoms with Crippen molar-refractivity contribution in [1.29, 1.82) is 5.26 Å². The summed E-state index contributed by atoms with van der Waals surface area (Å²) in [6.45, 7) is 4.72. The van der Waals surface area contributed by atoms with Crippen LogP contribution in [0.25, 0.3) is 10.9 Å². The Morgan fingerprint density at radius 3 is 2.77 bits per heavy atom. The first kappa shape index (κ1) is 21.6. The lowest BCUT2D eigenvalue weighted by atomic mass is 10.1. The van der Waals surface area contributed by atoms with Crippen LogP contribution in [-0.2, 0) is 6.54 Å². The van der Waals surface area contributed by atoms with Crippen molar-refractivity contribution in [3.05, 3.63) is 71.3 Å². The third-order valence-electron chi connectivity index (χ3n) is 4.28. The Morgan fingerprint density at radius 1 is 1.39 bits per heavy atom. The van der Waals surface area contributed by atoms with E-state index in [9.17, 15) is 23.2 Å². The van der Waals surface area contributed by atoms with E-state index in [1.165, 1.54) is 29.4 Å². The largest absolute Gasteiger partial charge is 0.472 e. The summed E-state index contributed by atoms with van der Waals surface area (Å²) in [6.07, 6.45) is 0.145. The summed E-state index contributed by atoms with van der Waals surface area (Å²) in [6, 6.07) is 8.33. The smallest absolute Gasteiger partial charge is 0.433 e. The van der Waals surface area contributed by atoms with Crippen LogP contribution >= 0.6 is 0 Å². The number of nitrogens with zero attached hydrogens (tertiary/aromatic N) is 4. The third-order valence-corrected chi connectivity index (χ3v) is 4.28. The van der Waals surface area contributed by atoms with Crippen LogP contribution in [0.4, 0.5) is 19.0 Å². The van der Waals surface area contributed by atoms with Crippen molar-refractivity contribution in [1.82, 2.24) is 9.78 Å². The van der Waals surface area contributed by atoms with Gasteiger partial charge in [-0.3, -0.25) is 14.5 Å². The Hall–Kier alpha value is -4.13. The van der Waals surface area contributed by atoms with Gasteiger partial charge in [-0.05, 0) is 44.0 Å². The highest BCUT2D eigenvalue weighted by Gasteiger charge is 2.32. The second kappa shape index (κ2) is 8.71. The van der Waals surface area contributed by atoms with Crippen molar-refractivity contribution >= 4 is 29.3 Å². The second-order valence-electron chi connectivity index (χ2n) is 6.54. The van der Waals surface area contributed by atoms with Crippen LogP contribution in [-0.4, -0.2) is 28.6 Å². The van der Waals surface area contributed by atoms with Crippen LogP contribution < -0.4 is 5.32 Å². The van der Waals surface area contributed by atoms with Gasteiger partial charge in [0.2, 0.25) is 0 Å². The van der Waals surface area contributed by atoms with Gasteiger partial charge < -0.3 is 9.73 Å². The van der Waals surface area contributed by atoms with Crippen LogP contribution in [0.3, 0.4) is 0 Å². The van der Waals surface area contributed by atoms with Gasteiger partial charge in [0.15, 0.2) is 5.82 Å². The van der Waals surface area contributed by atoms with Crippen LogP contribution in [0.5, 0.6) is 0 Å². The fourth-order valence-corrected chi connectivity index (χ4v) is 2.78. The molecule has 31 heavy (non-hydrogen) atoms. The highest BCUT2D eigenvalue weighted by molar-refractivity contribution is 6.07. The molecule has 1 N–H and O–H groups in total. The van der Waals surface area contributed by atoms with Crippen molar-refractivity contribution in [2.24, 2.45) is 4.99 Å². The number of benzene rings is 1. The molecule has 3 aromatic rings. The average molecular weight is 427 g/mol. The van der Waals surface area contributed by atoms with Crippen LogP contribution in [0, 0.1) is 11.3 Å². The van der Waals surface area contributed by atoms with Gasteiger partial charge in [0.25, 0.3) is 5.91 Å². The van der Waals surface area contributed by atoms with Gasteiger partial charge in [-0.2, -0.15) is 23.5 Å². The van der Waals surface area contributed by atoms with Gasteiger partial charge in [0.05, 0.1) is 35.5 Å². The van der Waals surface area contributed by atoms with Crippen LogP contribution in [0.2, 0.25) is 0 Å². The Morgan fingerprint density at radius 2 is 2.16 bits per heavy atom. The summed E-state index contributed by atoms with van der Waals surface area (Å²) >= 11 is 0. The fourth-order valence-electron chi connectivity index (χ4n) is 2.78. The summed E-state index contributed by atoms with van der Waals surface area (Å²) in [4.78, 5) is 15.4. The molecule has 0 atom stereocenters. The highest BCUT2D eigenvalue weighted by Crippen LogP contribution is 2.27. The van der Waals surface area contributed by atoms with Crippen molar-refractivity contribution < 1.29 is 22.4 Å². The first-order valence-corrected chi connectivity index (χ1v) is 8.88. The molecular formula is C21H16F3N5O2. The third kappa shape index (κ3) is 4.90. The summed E-state index contributed by atoms with van der Waals surface area (Å²) < 4.78 is 44.8. The zero-order valence-corrected chi connectivity index (χ0v) is 16.3. The van der Waals surface area contributed by atoms with E-state index in [2.05, 4.69) is 22.1 Å².